The molecule has 0 aliphatic heterocycles. The van der Waals surface area contributed by atoms with Crippen molar-refractivity contribution in [2.45, 2.75) is 19.4 Å². The maximum Gasteiger partial charge on any atom is 0.222 e. The number of pyridine rings is 1. The summed E-state index contributed by atoms with van der Waals surface area (Å²) in [5.74, 6) is 0.848. The standard InChI is InChI=1S/C17H16N6O/c18-17-21-14(13-4-2-10-24-13)15-16(22-17)23(11-20-15)9-1-3-12-5-7-19-8-6-12/h2,4-8,10-11H,1,3,9H2,(H2,18,21,22). The van der Waals surface area contributed by atoms with Gasteiger partial charge in [-0.3, -0.25) is 4.98 Å². The van der Waals surface area contributed by atoms with Gasteiger partial charge in [-0.15, -0.1) is 0 Å². The topological polar surface area (TPSA) is 95.7 Å². The minimum absolute atomic E-state index is 0.213. The summed E-state index contributed by atoms with van der Waals surface area (Å²) >= 11 is 0. The lowest BCUT2D eigenvalue weighted by Gasteiger charge is -2.05. The molecule has 120 valence electrons. The molecule has 0 aromatic carbocycles. The summed E-state index contributed by atoms with van der Waals surface area (Å²) in [6.07, 6.45) is 8.93. The molecule has 0 saturated carbocycles. The van der Waals surface area contributed by atoms with Crippen molar-refractivity contribution < 1.29 is 4.42 Å². The molecule has 4 heterocycles. The lowest BCUT2D eigenvalue weighted by atomic mass is 10.1. The van der Waals surface area contributed by atoms with Gasteiger partial charge in [-0.2, -0.15) is 4.98 Å². The summed E-state index contributed by atoms with van der Waals surface area (Å²) in [5, 5.41) is 0. The van der Waals surface area contributed by atoms with Gasteiger partial charge in [0.15, 0.2) is 11.4 Å². The molecule has 0 fully saturated rings. The molecule has 0 amide bonds. The van der Waals surface area contributed by atoms with E-state index in [0.29, 0.717) is 17.0 Å². The molecule has 7 nitrogen and oxygen atoms in total. The number of hydrogen-bond donors (Lipinski definition) is 1. The summed E-state index contributed by atoms with van der Waals surface area (Å²) in [5.41, 5.74) is 9.17. The van der Waals surface area contributed by atoms with E-state index in [1.165, 1.54) is 5.56 Å². The van der Waals surface area contributed by atoms with E-state index in [-0.39, 0.29) is 5.95 Å². The van der Waals surface area contributed by atoms with Crippen molar-refractivity contribution in [1.82, 2.24) is 24.5 Å². The average molecular weight is 320 g/mol. The number of nitrogen functional groups attached to an aromatic ring is 1. The molecule has 4 rings (SSSR count). The second kappa shape index (κ2) is 6.11. The van der Waals surface area contributed by atoms with Crippen LogP contribution in [0.2, 0.25) is 0 Å². The predicted molar refractivity (Wildman–Crippen MR) is 90.0 cm³/mol. The van der Waals surface area contributed by atoms with Crippen LogP contribution in [0.5, 0.6) is 0 Å². The smallest absolute Gasteiger partial charge is 0.222 e. The van der Waals surface area contributed by atoms with E-state index in [1.807, 2.05) is 41.2 Å². The van der Waals surface area contributed by atoms with Crippen LogP contribution < -0.4 is 5.73 Å². The number of imidazole rings is 1. The van der Waals surface area contributed by atoms with Gasteiger partial charge in [0.25, 0.3) is 0 Å². The Morgan fingerprint density at radius 3 is 2.79 bits per heavy atom. The van der Waals surface area contributed by atoms with Crippen LogP contribution in [0.1, 0.15) is 12.0 Å². The van der Waals surface area contributed by atoms with Crippen molar-refractivity contribution in [1.29, 1.82) is 0 Å². The first-order chi connectivity index (χ1) is 11.8. The number of aryl methyl sites for hydroxylation is 2. The predicted octanol–water partition coefficient (Wildman–Crippen LogP) is 2.70. The first kappa shape index (κ1) is 14.4. The Morgan fingerprint density at radius 1 is 1.12 bits per heavy atom. The highest BCUT2D eigenvalue weighted by Gasteiger charge is 2.15. The molecule has 4 aromatic rings. The zero-order valence-corrected chi connectivity index (χ0v) is 13.0. The van der Waals surface area contributed by atoms with Crippen molar-refractivity contribution in [3.63, 3.8) is 0 Å². The Hall–Kier alpha value is -3.22. The van der Waals surface area contributed by atoms with E-state index in [4.69, 9.17) is 10.2 Å². The molecule has 0 saturated heterocycles. The number of aromatic nitrogens is 5. The lowest BCUT2D eigenvalue weighted by Crippen LogP contribution is -2.03. The van der Waals surface area contributed by atoms with E-state index < -0.39 is 0 Å². The molecule has 0 unspecified atom stereocenters. The first-order valence-corrected chi connectivity index (χ1v) is 7.72. The van der Waals surface area contributed by atoms with Crippen LogP contribution in [0.15, 0.2) is 53.7 Å². The van der Waals surface area contributed by atoms with E-state index >= 15 is 0 Å². The van der Waals surface area contributed by atoms with Crippen LogP contribution in [0, 0.1) is 0 Å². The van der Waals surface area contributed by atoms with Gasteiger partial charge in [-0.1, -0.05) is 0 Å². The molecule has 0 atom stereocenters. The summed E-state index contributed by atoms with van der Waals surface area (Å²) in [6, 6.07) is 7.71. The SMILES string of the molecule is Nc1nc(-c2ccco2)c2ncn(CCCc3ccncc3)c2n1. The monoisotopic (exact) mass is 320 g/mol. The van der Waals surface area contributed by atoms with E-state index in [9.17, 15) is 0 Å². The molecular formula is C17H16N6O. The van der Waals surface area contributed by atoms with Crippen molar-refractivity contribution in [3.05, 3.63) is 54.8 Å². The number of furan rings is 1. The Kier molecular flexibility index (Phi) is 3.66. The van der Waals surface area contributed by atoms with E-state index in [1.54, 1.807) is 12.6 Å². The second-order valence-corrected chi connectivity index (χ2v) is 5.48. The molecule has 0 spiro atoms. The Labute approximate surface area is 138 Å². The van der Waals surface area contributed by atoms with Gasteiger partial charge in [0.2, 0.25) is 5.95 Å². The Balaban J connectivity index is 1.60. The van der Waals surface area contributed by atoms with Gasteiger partial charge < -0.3 is 14.7 Å². The molecule has 0 aliphatic rings. The largest absolute Gasteiger partial charge is 0.463 e. The third-order valence-electron chi connectivity index (χ3n) is 3.85. The summed E-state index contributed by atoms with van der Waals surface area (Å²) in [7, 11) is 0. The molecular weight excluding hydrogens is 304 g/mol. The molecule has 0 aliphatic carbocycles. The highest BCUT2D eigenvalue weighted by atomic mass is 16.3. The molecule has 2 N–H and O–H groups in total. The number of nitrogens with zero attached hydrogens (tertiary/aromatic N) is 5. The Bertz CT molecular complexity index is 946. The van der Waals surface area contributed by atoms with Crippen LogP contribution in [0.4, 0.5) is 5.95 Å². The van der Waals surface area contributed by atoms with Crippen LogP contribution in [-0.2, 0) is 13.0 Å². The second-order valence-electron chi connectivity index (χ2n) is 5.48. The number of anilines is 1. The Morgan fingerprint density at radius 2 is 2.00 bits per heavy atom. The lowest BCUT2D eigenvalue weighted by molar-refractivity contribution is 0.580. The summed E-state index contributed by atoms with van der Waals surface area (Å²) in [6.45, 7) is 0.798. The highest BCUT2D eigenvalue weighted by molar-refractivity contribution is 5.86. The number of nitrogens with two attached hydrogens (primary N) is 1. The van der Waals surface area contributed by atoms with Gasteiger partial charge in [0.05, 0.1) is 12.6 Å². The van der Waals surface area contributed by atoms with E-state index in [0.717, 1.165) is 25.0 Å². The molecule has 0 bridgehead atoms. The van der Waals surface area contributed by atoms with Crippen molar-refractivity contribution in [3.8, 4) is 11.5 Å². The van der Waals surface area contributed by atoms with Gasteiger partial charge in [-0.25, -0.2) is 9.97 Å². The van der Waals surface area contributed by atoms with E-state index in [2.05, 4.69) is 19.9 Å². The number of rotatable bonds is 5. The minimum atomic E-state index is 0.213. The fourth-order valence-corrected chi connectivity index (χ4v) is 2.71. The van der Waals surface area contributed by atoms with Crippen molar-refractivity contribution in [2.24, 2.45) is 0 Å². The zero-order valence-electron chi connectivity index (χ0n) is 13.0. The van der Waals surface area contributed by atoms with Crippen LogP contribution >= 0.6 is 0 Å². The average Bonchev–Trinajstić information content (AvgIpc) is 3.26. The summed E-state index contributed by atoms with van der Waals surface area (Å²) < 4.78 is 7.43. The highest BCUT2D eigenvalue weighted by Crippen LogP contribution is 2.26. The molecule has 0 radical (unpaired) electrons. The fraction of sp³-hybridized carbons (Fsp3) is 0.176. The molecule has 24 heavy (non-hydrogen) atoms. The van der Waals surface area contributed by atoms with Crippen LogP contribution in [0.3, 0.4) is 0 Å². The fourth-order valence-electron chi connectivity index (χ4n) is 2.71. The van der Waals surface area contributed by atoms with Gasteiger partial charge in [0, 0.05) is 18.9 Å². The maximum absolute atomic E-state index is 5.87. The van der Waals surface area contributed by atoms with Gasteiger partial charge in [0.1, 0.15) is 11.2 Å². The third kappa shape index (κ3) is 2.71. The number of fused-ring (bicyclic) bond motifs is 1. The van der Waals surface area contributed by atoms with Crippen LogP contribution in [0.25, 0.3) is 22.6 Å². The van der Waals surface area contributed by atoms with Crippen molar-refractivity contribution >= 4 is 17.1 Å². The summed E-state index contributed by atoms with van der Waals surface area (Å²) in [4.78, 5) is 17.1. The quantitative estimate of drug-likeness (QED) is 0.607. The number of hydrogen-bond acceptors (Lipinski definition) is 6. The third-order valence-corrected chi connectivity index (χ3v) is 3.85. The maximum atomic E-state index is 5.87. The minimum Gasteiger partial charge on any atom is -0.463 e. The van der Waals surface area contributed by atoms with Crippen molar-refractivity contribution in [2.75, 3.05) is 5.73 Å². The van der Waals surface area contributed by atoms with Gasteiger partial charge in [-0.05, 0) is 42.7 Å². The van der Waals surface area contributed by atoms with Crippen LogP contribution in [-0.4, -0.2) is 24.5 Å². The molecule has 4 aromatic heterocycles. The first-order valence-electron chi connectivity index (χ1n) is 7.72. The van der Waals surface area contributed by atoms with Gasteiger partial charge >= 0.3 is 0 Å². The normalized spacial score (nSPS) is 11.2. The molecule has 7 heteroatoms. The zero-order chi connectivity index (χ0) is 16.4.